The molecule has 1 atom stereocenters. The molecule has 1 aliphatic heterocycles. The van der Waals surface area contributed by atoms with E-state index in [-0.39, 0.29) is 12.5 Å². The fourth-order valence-electron chi connectivity index (χ4n) is 2.43. The van der Waals surface area contributed by atoms with Crippen LogP contribution in [0.1, 0.15) is 12.8 Å². The minimum atomic E-state index is -4.00. The van der Waals surface area contributed by atoms with E-state index in [1.165, 1.54) is 4.31 Å². The minimum Gasteiger partial charge on any atom is -0.384 e. The Morgan fingerprint density at radius 3 is 2.85 bits per heavy atom. The highest BCUT2D eigenvalue weighted by molar-refractivity contribution is 7.89. The van der Waals surface area contributed by atoms with E-state index >= 15 is 0 Å². The number of sulfonamides is 1. The Morgan fingerprint density at radius 1 is 1.40 bits per heavy atom. The maximum Gasteiger partial charge on any atom is 0.246 e. The van der Waals surface area contributed by atoms with Gasteiger partial charge in [0.25, 0.3) is 0 Å². The van der Waals surface area contributed by atoms with E-state index in [2.05, 4.69) is 0 Å². The van der Waals surface area contributed by atoms with Gasteiger partial charge in [0.05, 0.1) is 6.61 Å². The summed E-state index contributed by atoms with van der Waals surface area (Å²) >= 11 is 0. The van der Waals surface area contributed by atoms with Crippen molar-refractivity contribution in [3.63, 3.8) is 0 Å². The van der Waals surface area contributed by atoms with Crippen molar-refractivity contribution < 1.29 is 21.9 Å². The number of halogens is 2. The van der Waals surface area contributed by atoms with Crippen molar-refractivity contribution in [1.82, 2.24) is 4.31 Å². The molecule has 0 N–H and O–H groups in total. The lowest BCUT2D eigenvalue weighted by atomic mass is 10.0. The molecule has 20 heavy (non-hydrogen) atoms. The zero-order valence-electron chi connectivity index (χ0n) is 11.2. The topological polar surface area (TPSA) is 46.6 Å². The van der Waals surface area contributed by atoms with Crippen LogP contribution in [0.15, 0.2) is 23.1 Å². The number of hydrogen-bond donors (Lipinski definition) is 0. The maximum absolute atomic E-state index is 13.7. The van der Waals surface area contributed by atoms with E-state index in [0.717, 1.165) is 24.6 Å². The Morgan fingerprint density at radius 2 is 2.15 bits per heavy atom. The predicted octanol–water partition coefficient (Wildman–Crippen LogP) is 2.01. The lowest BCUT2D eigenvalue weighted by Gasteiger charge is -2.31. The first-order valence-corrected chi connectivity index (χ1v) is 7.83. The van der Waals surface area contributed by atoms with Gasteiger partial charge in [0, 0.05) is 20.2 Å². The Kier molecular flexibility index (Phi) is 4.72. The van der Waals surface area contributed by atoms with E-state index in [4.69, 9.17) is 4.74 Å². The molecule has 1 fully saturated rings. The first-order valence-electron chi connectivity index (χ1n) is 6.39. The van der Waals surface area contributed by atoms with E-state index in [9.17, 15) is 17.2 Å². The van der Waals surface area contributed by atoms with Gasteiger partial charge >= 0.3 is 0 Å². The van der Waals surface area contributed by atoms with Crippen LogP contribution in [0.3, 0.4) is 0 Å². The number of benzene rings is 1. The molecule has 0 radical (unpaired) electrons. The van der Waals surface area contributed by atoms with E-state index in [1.54, 1.807) is 7.11 Å². The van der Waals surface area contributed by atoms with Gasteiger partial charge in [0.15, 0.2) is 0 Å². The molecule has 1 aromatic rings. The Balaban J connectivity index is 2.27. The number of ether oxygens (including phenoxy) is 1. The zero-order valence-corrected chi connectivity index (χ0v) is 12.0. The number of hydrogen-bond acceptors (Lipinski definition) is 3. The van der Waals surface area contributed by atoms with Crippen LogP contribution in [-0.4, -0.2) is 39.5 Å². The molecule has 112 valence electrons. The monoisotopic (exact) mass is 305 g/mol. The second kappa shape index (κ2) is 6.15. The molecule has 4 nitrogen and oxygen atoms in total. The third-order valence-corrected chi connectivity index (χ3v) is 5.28. The molecule has 1 aromatic carbocycles. The lowest BCUT2D eigenvalue weighted by Crippen LogP contribution is -2.41. The van der Waals surface area contributed by atoms with Gasteiger partial charge in [0.2, 0.25) is 10.0 Å². The Hall–Kier alpha value is -1.05. The summed E-state index contributed by atoms with van der Waals surface area (Å²) in [7, 11) is -2.45. The minimum absolute atomic E-state index is 0.0835. The van der Waals surface area contributed by atoms with Gasteiger partial charge in [-0.05, 0) is 37.0 Å². The molecular weight excluding hydrogens is 288 g/mol. The van der Waals surface area contributed by atoms with Gasteiger partial charge in [-0.25, -0.2) is 17.2 Å². The number of piperidine rings is 1. The third-order valence-electron chi connectivity index (χ3n) is 3.40. The van der Waals surface area contributed by atoms with Gasteiger partial charge in [-0.2, -0.15) is 4.31 Å². The Bertz CT molecular complexity index is 575. The highest BCUT2D eigenvalue weighted by atomic mass is 32.2. The summed E-state index contributed by atoms with van der Waals surface area (Å²) in [6.45, 7) is 1.04. The van der Waals surface area contributed by atoms with Crippen LogP contribution in [0.2, 0.25) is 0 Å². The van der Waals surface area contributed by atoms with Gasteiger partial charge < -0.3 is 4.74 Å². The van der Waals surface area contributed by atoms with Crippen LogP contribution in [0.5, 0.6) is 0 Å². The average Bonchev–Trinajstić information content (AvgIpc) is 2.42. The molecule has 1 heterocycles. The number of rotatable bonds is 4. The summed E-state index contributed by atoms with van der Waals surface area (Å²) in [5.41, 5.74) is 0. The molecular formula is C13H17F2NO3S. The smallest absolute Gasteiger partial charge is 0.246 e. The summed E-state index contributed by atoms with van der Waals surface area (Å²) < 4.78 is 57.9. The zero-order chi connectivity index (χ0) is 14.8. The fourth-order valence-corrected chi connectivity index (χ4v) is 4.06. The largest absolute Gasteiger partial charge is 0.384 e. The molecule has 0 spiro atoms. The molecule has 7 heteroatoms. The van der Waals surface area contributed by atoms with Crippen LogP contribution in [0, 0.1) is 17.6 Å². The molecule has 1 aliphatic rings. The van der Waals surface area contributed by atoms with Crippen LogP contribution >= 0.6 is 0 Å². The summed E-state index contributed by atoms with van der Waals surface area (Å²) in [4.78, 5) is -0.601. The van der Waals surface area contributed by atoms with Crippen molar-refractivity contribution in [3.05, 3.63) is 29.8 Å². The lowest BCUT2D eigenvalue weighted by molar-refractivity contribution is 0.118. The van der Waals surface area contributed by atoms with E-state index < -0.39 is 26.6 Å². The predicted molar refractivity (Wildman–Crippen MR) is 69.7 cm³/mol. The van der Waals surface area contributed by atoms with E-state index in [1.807, 2.05) is 0 Å². The van der Waals surface area contributed by atoms with Crippen LogP contribution in [-0.2, 0) is 14.8 Å². The summed E-state index contributed by atoms with van der Waals surface area (Å²) in [5, 5.41) is 0. The second-order valence-electron chi connectivity index (χ2n) is 4.90. The number of methoxy groups -OCH3 is 1. The van der Waals surface area contributed by atoms with Crippen molar-refractivity contribution in [2.24, 2.45) is 5.92 Å². The molecule has 0 saturated carbocycles. The molecule has 1 unspecified atom stereocenters. The molecule has 0 aromatic heterocycles. The first-order chi connectivity index (χ1) is 9.45. The molecule has 0 bridgehead atoms. The highest BCUT2D eigenvalue weighted by Crippen LogP contribution is 2.25. The van der Waals surface area contributed by atoms with E-state index in [0.29, 0.717) is 19.6 Å². The van der Waals surface area contributed by atoms with Crippen molar-refractivity contribution in [1.29, 1.82) is 0 Å². The standard InChI is InChI=1S/C13H17F2NO3S/c1-19-9-10-3-2-6-16(8-10)20(17,18)13-7-11(14)4-5-12(13)15/h4-5,7,10H,2-3,6,8-9H2,1H3. The van der Waals surface area contributed by atoms with Crippen molar-refractivity contribution >= 4 is 10.0 Å². The third kappa shape index (κ3) is 3.16. The quantitative estimate of drug-likeness (QED) is 0.855. The van der Waals surface area contributed by atoms with Gasteiger partial charge in [-0.3, -0.25) is 0 Å². The normalized spacial score (nSPS) is 21.1. The van der Waals surface area contributed by atoms with Crippen LogP contribution in [0.25, 0.3) is 0 Å². The maximum atomic E-state index is 13.7. The summed E-state index contributed by atoms with van der Waals surface area (Å²) in [6.07, 6.45) is 1.55. The second-order valence-corrected chi connectivity index (χ2v) is 6.81. The van der Waals surface area contributed by atoms with Crippen LogP contribution < -0.4 is 0 Å². The highest BCUT2D eigenvalue weighted by Gasteiger charge is 2.32. The molecule has 2 rings (SSSR count). The van der Waals surface area contributed by atoms with Crippen molar-refractivity contribution in [2.45, 2.75) is 17.7 Å². The van der Waals surface area contributed by atoms with Crippen LogP contribution in [0.4, 0.5) is 8.78 Å². The Labute approximate surface area is 117 Å². The van der Waals surface area contributed by atoms with Gasteiger partial charge in [-0.1, -0.05) is 0 Å². The SMILES string of the molecule is COCC1CCCN(S(=O)(=O)c2cc(F)ccc2F)C1. The van der Waals surface area contributed by atoms with Crippen molar-refractivity contribution in [2.75, 3.05) is 26.8 Å². The average molecular weight is 305 g/mol. The summed E-state index contributed by atoms with van der Waals surface area (Å²) in [6, 6.07) is 2.46. The first kappa shape index (κ1) is 15.3. The molecule has 0 amide bonds. The van der Waals surface area contributed by atoms with Gasteiger partial charge in [0.1, 0.15) is 16.5 Å². The summed E-state index contributed by atoms with van der Waals surface area (Å²) in [5.74, 6) is -1.61. The molecule has 0 aliphatic carbocycles. The fraction of sp³-hybridized carbons (Fsp3) is 0.538. The number of nitrogens with zero attached hydrogens (tertiary/aromatic N) is 1. The molecule has 1 saturated heterocycles. The van der Waals surface area contributed by atoms with Crippen molar-refractivity contribution in [3.8, 4) is 0 Å². The van der Waals surface area contributed by atoms with Gasteiger partial charge in [-0.15, -0.1) is 0 Å².